The number of amides is 1. The van der Waals surface area contributed by atoms with Crippen LogP contribution in [0, 0.1) is 0 Å². The Kier molecular flexibility index (Phi) is 7.32. The van der Waals surface area contributed by atoms with E-state index in [1.807, 2.05) is 30.3 Å². The van der Waals surface area contributed by atoms with Gasteiger partial charge in [-0.1, -0.05) is 30.3 Å². The Morgan fingerprint density at radius 2 is 1.73 bits per heavy atom. The summed E-state index contributed by atoms with van der Waals surface area (Å²) < 4.78 is 31.6. The Balaban J connectivity index is 2.02. The van der Waals surface area contributed by atoms with E-state index in [1.54, 1.807) is 14.2 Å². The number of ether oxygens (including phenoxy) is 1. The maximum Gasteiger partial charge on any atom is 0.251 e. The van der Waals surface area contributed by atoms with Crippen LogP contribution in [-0.4, -0.2) is 45.9 Å². The largest absolute Gasteiger partial charge is 0.385 e. The van der Waals surface area contributed by atoms with Crippen LogP contribution in [0.5, 0.6) is 0 Å². The summed E-state index contributed by atoms with van der Waals surface area (Å²) in [6, 6.07) is 15.3. The molecule has 0 aliphatic rings. The predicted octanol–water partition coefficient (Wildman–Crippen LogP) is 2.27. The minimum Gasteiger partial charge on any atom is -0.385 e. The van der Waals surface area contributed by atoms with Crippen molar-refractivity contribution < 1.29 is 17.9 Å². The summed E-state index contributed by atoms with van der Waals surface area (Å²) in [6.07, 6.45) is 0.721. The number of hydrogen-bond donors (Lipinski definition) is 1. The van der Waals surface area contributed by atoms with Crippen molar-refractivity contribution in [1.29, 1.82) is 0 Å². The van der Waals surface area contributed by atoms with Crippen LogP contribution in [0.1, 0.15) is 22.3 Å². The van der Waals surface area contributed by atoms with Crippen LogP contribution in [0.4, 0.5) is 0 Å². The maximum absolute atomic E-state index is 12.7. The van der Waals surface area contributed by atoms with Gasteiger partial charge in [-0.3, -0.25) is 4.79 Å². The molecule has 0 heterocycles. The number of methoxy groups -OCH3 is 1. The second kappa shape index (κ2) is 9.47. The van der Waals surface area contributed by atoms with E-state index in [1.165, 1.54) is 28.6 Å². The summed E-state index contributed by atoms with van der Waals surface area (Å²) in [7, 11) is -0.471. The van der Waals surface area contributed by atoms with E-state index in [0.717, 1.165) is 12.0 Å². The van der Waals surface area contributed by atoms with Gasteiger partial charge in [0, 0.05) is 39.4 Å². The predicted molar refractivity (Wildman–Crippen MR) is 100 cm³/mol. The molecule has 0 aliphatic heterocycles. The minimum absolute atomic E-state index is 0.159. The molecule has 0 saturated carbocycles. The van der Waals surface area contributed by atoms with Gasteiger partial charge >= 0.3 is 0 Å². The molecule has 0 bridgehead atoms. The van der Waals surface area contributed by atoms with Crippen LogP contribution in [0.15, 0.2) is 59.5 Å². The van der Waals surface area contributed by atoms with Crippen molar-refractivity contribution in [1.82, 2.24) is 9.62 Å². The SMILES string of the molecule is COCCCNC(=O)c1ccc(S(=O)(=O)N(C)Cc2ccccc2)cc1. The summed E-state index contributed by atoms with van der Waals surface area (Å²) in [5, 5.41) is 2.77. The third-order valence-corrected chi connectivity index (χ3v) is 5.70. The first-order chi connectivity index (χ1) is 12.4. The normalized spacial score (nSPS) is 11.5. The van der Waals surface area contributed by atoms with Gasteiger partial charge in [0.15, 0.2) is 0 Å². The first-order valence-corrected chi connectivity index (χ1v) is 9.76. The summed E-state index contributed by atoms with van der Waals surface area (Å²) in [6.45, 7) is 1.36. The van der Waals surface area contributed by atoms with Gasteiger partial charge in [-0.15, -0.1) is 0 Å². The molecule has 1 N–H and O–H groups in total. The molecule has 2 aromatic rings. The van der Waals surface area contributed by atoms with Crippen molar-refractivity contribution in [2.24, 2.45) is 0 Å². The van der Waals surface area contributed by atoms with Crippen LogP contribution >= 0.6 is 0 Å². The molecule has 2 aromatic carbocycles. The standard InChI is InChI=1S/C19H24N2O4S/c1-21(15-16-7-4-3-5-8-16)26(23,24)18-11-9-17(10-12-18)19(22)20-13-6-14-25-2/h3-5,7-12H,6,13-15H2,1-2H3,(H,20,22). The molecule has 1 amide bonds. The Morgan fingerprint density at radius 3 is 2.35 bits per heavy atom. The van der Waals surface area contributed by atoms with Crippen LogP contribution in [0.3, 0.4) is 0 Å². The molecular formula is C19H24N2O4S. The second-order valence-electron chi connectivity index (χ2n) is 5.87. The zero-order valence-electron chi connectivity index (χ0n) is 15.0. The molecule has 0 aromatic heterocycles. The van der Waals surface area contributed by atoms with Crippen molar-refractivity contribution >= 4 is 15.9 Å². The lowest BCUT2D eigenvalue weighted by molar-refractivity contribution is 0.0948. The number of sulfonamides is 1. The number of hydrogen-bond acceptors (Lipinski definition) is 4. The van der Waals surface area contributed by atoms with E-state index in [9.17, 15) is 13.2 Å². The second-order valence-corrected chi connectivity index (χ2v) is 7.92. The molecular weight excluding hydrogens is 352 g/mol. The minimum atomic E-state index is -3.62. The lowest BCUT2D eigenvalue weighted by Gasteiger charge is -2.17. The van der Waals surface area contributed by atoms with Crippen molar-refractivity contribution in [2.45, 2.75) is 17.9 Å². The van der Waals surface area contributed by atoms with E-state index >= 15 is 0 Å². The van der Waals surface area contributed by atoms with E-state index in [2.05, 4.69) is 5.32 Å². The number of carbonyl (C=O) groups is 1. The fraction of sp³-hybridized carbons (Fsp3) is 0.316. The van der Waals surface area contributed by atoms with Crippen LogP contribution < -0.4 is 5.32 Å². The molecule has 2 rings (SSSR count). The highest BCUT2D eigenvalue weighted by Gasteiger charge is 2.21. The van der Waals surface area contributed by atoms with Crippen LogP contribution in [0.2, 0.25) is 0 Å². The van der Waals surface area contributed by atoms with Gasteiger partial charge in [0.2, 0.25) is 10.0 Å². The maximum atomic E-state index is 12.7. The van der Waals surface area contributed by atoms with Crippen molar-refractivity contribution in [3.8, 4) is 0 Å². The Morgan fingerprint density at radius 1 is 1.08 bits per heavy atom. The Bertz CT molecular complexity index is 805. The van der Waals surface area contributed by atoms with Crippen LogP contribution in [-0.2, 0) is 21.3 Å². The number of benzene rings is 2. The molecule has 26 heavy (non-hydrogen) atoms. The van der Waals surface area contributed by atoms with Gasteiger partial charge in [0.05, 0.1) is 4.90 Å². The highest BCUT2D eigenvalue weighted by Crippen LogP contribution is 2.17. The number of carbonyl (C=O) groups excluding carboxylic acids is 1. The summed E-state index contributed by atoms with van der Waals surface area (Å²) >= 11 is 0. The number of nitrogens with one attached hydrogen (secondary N) is 1. The highest BCUT2D eigenvalue weighted by atomic mass is 32.2. The average molecular weight is 376 g/mol. The fourth-order valence-electron chi connectivity index (χ4n) is 2.40. The molecule has 0 saturated heterocycles. The third-order valence-electron chi connectivity index (χ3n) is 3.88. The molecule has 6 nitrogen and oxygen atoms in total. The molecule has 0 aliphatic carbocycles. The molecule has 0 fully saturated rings. The van der Waals surface area contributed by atoms with Crippen molar-refractivity contribution in [3.05, 3.63) is 65.7 Å². The quantitative estimate of drug-likeness (QED) is 0.681. The number of nitrogens with zero attached hydrogens (tertiary/aromatic N) is 1. The summed E-state index contributed by atoms with van der Waals surface area (Å²) in [4.78, 5) is 12.2. The fourth-order valence-corrected chi connectivity index (χ4v) is 3.56. The summed E-state index contributed by atoms with van der Waals surface area (Å²) in [5.74, 6) is -0.234. The monoisotopic (exact) mass is 376 g/mol. The topological polar surface area (TPSA) is 75.7 Å². The zero-order chi connectivity index (χ0) is 19.0. The van der Waals surface area contributed by atoms with E-state index < -0.39 is 10.0 Å². The Hall–Kier alpha value is -2.22. The van der Waals surface area contributed by atoms with Gasteiger partial charge in [-0.2, -0.15) is 4.31 Å². The van der Waals surface area contributed by atoms with Crippen molar-refractivity contribution in [2.75, 3.05) is 27.3 Å². The van der Waals surface area contributed by atoms with Gasteiger partial charge in [0.1, 0.15) is 0 Å². The molecule has 0 radical (unpaired) electrons. The zero-order valence-corrected chi connectivity index (χ0v) is 15.8. The van der Waals surface area contributed by atoms with Crippen molar-refractivity contribution in [3.63, 3.8) is 0 Å². The highest BCUT2D eigenvalue weighted by molar-refractivity contribution is 7.89. The first kappa shape index (κ1) is 20.1. The lowest BCUT2D eigenvalue weighted by atomic mass is 10.2. The number of rotatable bonds is 9. The van der Waals surface area contributed by atoms with E-state index in [4.69, 9.17) is 4.74 Å². The lowest BCUT2D eigenvalue weighted by Crippen LogP contribution is -2.27. The molecule has 0 unspecified atom stereocenters. The van der Waals surface area contributed by atoms with Crippen LogP contribution in [0.25, 0.3) is 0 Å². The molecule has 140 valence electrons. The first-order valence-electron chi connectivity index (χ1n) is 8.32. The van der Waals surface area contributed by atoms with Gasteiger partial charge < -0.3 is 10.1 Å². The smallest absolute Gasteiger partial charge is 0.251 e. The Labute approximate surface area is 154 Å². The molecule has 7 heteroatoms. The summed E-state index contributed by atoms with van der Waals surface area (Å²) in [5.41, 5.74) is 1.33. The van der Waals surface area contributed by atoms with E-state index in [0.29, 0.717) is 18.7 Å². The van der Waals surface area contributed by atoms with Gasteiger partial charge in [-0.25, -0.2) is 8.42 Å². The van der Waals surface area contributed by atoms with Gasteiger partial charge in [0.25, 0.3) is 5.91 Å². The van der Waals surface area contributed by atoms with E-state index in [-0.39, 0.29) is 17.3 Å². The average Bonchev–Trinajstić information content (AvgIpc) is 2.66. The molecule has 0 spiro atoms. The third kappa shape index (κ3) is 5.39. The molecule has 0 atom stereocenters. The van der Waals surface area contributed by atoms with Gasteiger partial charge in [-0.05, 0) is 36.2 Å².